The number of aryl methyl sites for hydroxylation is 2. The van der Waals surface area contributed by atoms with E-state index >= 15 is 0 Å². The number of phenols is 1. The van der Waals surface area contributed by atoms with E-state index in [1.807, 2.05) is 49.4 Å². The number of methoxy groups -OCH3 is 1. The van der Waals surface area contributed by atoms with Crippen LogP contribution in [-0.4, -0.2) is 53.8 Å². The molecule has 0 heterocycles. The third-order valence-electron chi connectivity index (χ3n) is 5.09. The maximum absolute atomic E-state index is 12.8. The third kappa shape index (κ3) is 8.03. The first-order valence-electron chi connectivity index (χ1n) is 10.5. The largest absolute Gasteiger partial charge is 0.508 e. The van der Waals surface area contributed by atoms with Crippen molar-refractivity contribution in [1.82, 2.24) is 10.6 Å². The number of carbonyl (C=O) groups is 3. The molecule has 0 saturated heterocycles. The van der Waals surface area contributed by atoms with Crippen molar-refractivity contribution in [3.8, 4) is 5.75 Å². The van der Waals surface area contributed by atoms with Crippen molar-refractivity contribution < 1.29 is 29.3 Å². The van der Waals surface area contributed by atoms with Gasteiger partial charge < -0.3 is 25.6 Å². The van der Waals surface area contributed by atoms with Gasteiger partial charge in [0.05, 0.1) is 19.6 Å². The Morgan fingerprint density at radius 2 is 1.75 bits per heavy atom. The van der Waals surface area contributed by atoms with Gasteiger partial charge in [0.2, 0.25) is 5.91 Å². The highest BCUT2D eigenvalue weighted by molar-refractivity contribution is 5.90. The molecule has 32 heavy (non-hydrogen) atoms. The molecular formula is C24H30N2O6. The minimum absolute atomic E-state index is 0.228. The van der Waals surface area contributed by atoms with Crippen LogP contribution in [-0.2, 0) is 32.0 Å². The van der Waals surface area contributed by atoms with Crippen LogP contribution < -0.4 is 10.6 Å². The standard InChI is InChI=1S/C24H30N2O6/c1-16-10-11-18(14-21(16)27)9-6-12-25-19(15-22(28)29)23(30)26-20(24(31)32-2)13-17-7-4-3-5-8-17/h3-5,7-8,10-11,14,19-20,25,27H,6,9,12-13,15H2,1-2H3,(H,26,30)(H,28,29)/t19-,20-/m0/s1. The second kappa shape index (κ2) is 12.5. The van der Waals surface area contributed by atoms with Crippen LogP contribution >= 0.6 is 0 Å². The molecule has 2 aromatic carbocycles. The Hall–Kier alpha value is -3.39. The lowest BCUT2D eigenvalue weighted by Crippen LogP contribution is -2.52. The van der Waals surface area contributed by atoms with Crippen molar-refractivity contribution in [2.24, 2.45) is 0 Å². The number of esters is 1. The minimum atomic E-state index is -1.13. The smallest absolute Gasteiger partial charge is 0.328 e. The third-order valence-corrected chi connectivity index (χ3v) is 5.09. The van der Waals surface area contributed by atoms with Crippen molar-refractivity contribution in [3.63, 3.8) is 0 Å². The molecule has 0 aromatic heterocycles. The Morgan fingerprint density at radius 3 is 2.38 bits per heavy atom. The summed E-state index contributed by atoms with van der Waals surface area (Å²) in [5, 5.41) is 24.6. The lowest BCUT2D eigenvalue weighted by molar-refractivity contribution is -0.145. The van der Waals surface area contributed by atoms with E-state index in [9.17, 15) is 24.6 Å². The molecule has 2 atom stereocenters. The number of phenolic OH excluding ortho intramolecular Hbond substituents is 1. The highest BCUT2D eigenvalue weighted by atomic mass is 16.5. The number of amides is 1. The molecule has 0 aliphatic rings. The average molecular weight is 443 g/mol. The van der Waals surface area contributed by atoms with Gasteiger partial charge in [-0.2, -0.15) is 0 Å². The number of carbonyl (C=O) groups excluding carboxylic acids is 2. The summed E-state index contributed by atoms with van der Waals surface area (Å²) in [6.45, 7) is 2.21. The van der Waals surface area contributed by atoms with Gasteiger partial charge in [0, 0.05) is 6.42 Å². The van der Waals surface area contributed by atoms with Crippen molar-refractivity contribution in [2.75, 3.05) is 13.7 Å². The lowest BCUT2D eigenvalue weighted by atomic mass is 10.0. The fourth-order valence-corrected chi connectivity index (χ4v) is 3.27. The highest BCUT2D eigenvalue weighted by Crippen LogP contribution is 2.18. The molecule has 0 aliphatic carbocycles. The molecule has 2 rings (SSSR count). The van der Waals surface area contributed by atoms with Crippen molar-refractivity contribution >= 4 is 17.8 Å². The molecule has 0 spiro atoms. The van der Waals surface area contributed by atoms with Crippen LogP contribution in [0.25, 0.3) is 0 Å². The SMILES string of the molecule is COC(=O)[C@H](Cc1ccccc1)NC(=O)[C@H](CC(=O)O)NCCCc1ccc(C)c(O)c1. The van der Waals surface area contributed by atoms with Crippen molar-refractivity contribution in [3.05, 3.63) is 65.2 Å². The predicted octanol–water partition coefficient (Wildman–Crippen LogP) is 1.97. The Morgan fingerprint density at radius 1 is 1.03 bits per heavy atom. The number of hydrogen-bond donors (Lipinski definition) is 4. The fourth-order valence-electron chi connectivity index (χ4n) is 3.27. The first-order valence-corrected chi connectivity index (χ1v) is 10.5. The van der Waals surface area contributed by atoms with Crippen LogP contribution in [0.15, 0.2) is 48.5 Å². The Labute approximate surface area is 187 Å². The summed E-state index contributed by atoms with van der Waals surface area (Å²) in [6, 6.07) is 12.7. The second-order valence-electron chi connectivity index (χ2n) is 7.60. The van der Waals surface area contributed by atoms with Gasteiger partial charge in [-0.1, -0.05) is 42.5 Å². The molecule has 0 saturated carbocycles. The number of rotatable bonds is 12. The molecule has 0 radical (unpaired) electrons. The number of ether oxygens (including phenoxy) is 1. The number of nitrogens with one attached hydrogen (secondary N) is 2. The molecular weight excluding hydrogens is 412 g/mol. The van der Waals surface area contributed by atoms with Gasteiger partial charge in [0.25, 0.3) is 0 Å². The molecule has 0 unspecified atom stereocenters. The summed E-state index contributed by atoms with van der Waals surface area (Å²) in [5.74, 6) is -2.08. The van der Waals surface area contributed by atoms with Gasteiger partial charge in [0.15, 0.2) is 0 Å². The summed E-state index contributed by atoms with van der Waals surface area (Å²) < 4.78 is 4.80. The van der Waals surface area contributed by atoms with Crippen LogP contribution in [0, 0.1) is 6.92 Å². The van der Waals surface area contributed by atoms with Crippen LogP contribution in [0.2, 0.25) is 0 Å². The Kier molecular flexibility index (Phi) is 9.69. The Balaban J connectivity index is 1.96. The lowest BCUT2D eigenvalue weighted by Gasteiger charge is -2.21. The zero-order chi connectivity index (χ0) is 23.5. The van der Waals surface area contributed by atoms with Gasteiger partial charge in [0.1, 0.15) is 11.8 Å². The number of benzene rings is 2. The molecule has 2 aromatic rings. The zero-order valence-corrected chi connectivity index (χ0v) is 18.3. The molecule has 1 amide bonds. The minimum Gasteiger partial charge on any atom is -0.508 e. The zero-order valence-electron chi connectivity index (χ0n) is 18.3. The van der Waals surface area contributed by atoms with Crippen LogP contribution in [0.4, 0.5) is 0 Å². The van der Waals surface area contributed by atoms with E-state index in [1.54, 1.807) is 6.07 Å². The van der Waals surface area contributed by atoms with Crippen LogP contribution in [0.1, 0.15) is 29.5 Å². The normalized spacial score (nSPS) is 12.6. The van der Waals surface area contributed by atoms with E-state index in [4.69, 9.17) is 4.74 Å². The predicted molar refractivity (Wildman–Crippen MR) is 119 cm³/mol. The van der Waals surface area contributed by atoms with Crippen LogP contribution in [0.3, 0.4) is 0 Å². The summed E-state index contributed by atoms with van der Waals surface area (Å²) in [5.41, 5.74) is 2.58. The molecule has 8 nitrogen and oxygen atoms in total. The highest BCUT2D eigenvalue weighted by Gasteiger charge is 2.27. The van der Waals surface area contributed by atoms with Crippen molar-refractivity contribution in [1.29, 1.82) is 0 Å². The molecule has 4 N–H and O–H groups in total. The van der Waals surface area contributed by atoms with Gasteiger partial charge in [-0.25, -0.2) is 4.79 Å². The number of carboxylic acid groups (broad SMARTS) is 1. The summed E-state index contributed by atoms with van der Waals surface area (Å²) in [7, 11) is 1.24. The van der Waals surface area contributed by atoms with E-state index in [-0.39, 0.29) is 12.2 Å². The van der Waals surface area contributed by atoms with E-state index in [1.165, 1.54) is 7.11 Å². The summed E-state index contributed by atoms with van der Waals surface area (Å²) in [4.78, 5) is 36.2. The van der Waals surface area contributed by atoms with Crippen LogP contribution in [0.5, 0.6) is 5.75 Å². The first kappa shape index (κ1) is 24.9. The van der Waals surface area contributed by atoms with Gasteiger partial charge in [-0.05, 0) is 49.1 Å². The molecule has 0 bridgehead atoms. The van der Waals surface area contributed by atoms with Gasteiger partial charge in [-0.3, -0.25) is 9.59 Å². The first-order chi connectivity index (χ1) is 15.3. The Bertz CT molecular complexity index is 916. The topological polar surface area (TPSA) is 125 Å². The molecule has 172 valence electrons. The summed E-state index contributed by atoms with van der Waals surface area (Å²) in [6.07, 6.45) is 1.10. The number of carboxylic acids is 1. The van der Waals surface area contributed by atoms with Gasteiger partial charge in [-0.15, -0.1) is 0 Å². The monoisotopic (exact) mass is 442 g/mol. The summed E-state index contributed by atoms with van der Waals surface area (Å²) >= 11 is 0. The van der Waals surface area contributed by atoms with E-state index in [2.05, 4.69) is 10.6 Å². The van der Waals surface area contributed by atoms with E-state index in [0.717, 1.165) is 16.7 Å². The van der Waals surface area contributed by atoms with E-state index in [0.29, 0.717) is 19.4 Å². The fraction of sp³-hybridized carbons (Fsp3) is 0.375. The van der Waals surface area contributed by atoms with Crippen molar-refractivity contribution in [2.45, 2.75) is 44.7 Å². The number of aromatic hydroxyl groups is 1. The van der Waals surface area contributed by atoms with E-state index < -0.39 is 36.4 Å². The average Bonchev–Trinajstić information content (AvgIpc) is 2.77. The molecule has 0 aliphatic heterocycles. The maximum atomic E-state index is 12.8. The number of aliphatic carboxylic acids is 1. The molecule has 0 fully saturated rings. The number of hydrogen-bond acceptors (Lipinski definition) is 6. The maximum Gasteiger partial charge on any atom is 0.328 e. The van der Waals surface area contributed by atoms with Gasteiger partial charge >= 0.3 is 11.9 Å². The second-order valence-corrected chi connectivity index (χ2v) is 7.60. The molecule has 8 heteroatoms. The quantitative estimate of drug-likeness (QED) is 0.293.